The van der Waals surface area contributed by atoms with E-state index in [0.29, 0.717) is 4.65 Å². The van der Waals surface area contributed by atoms with Gasteiger partial charge in [0.15, 0.2) is 0 Å². The maximum Gasteiger partial charge on any atom is 0.236 e. The number of piperazine rings is 1. The molecule has 1 saturated heterocycles. The molecule has 0 bridgehead atoms. The number of aromatic nitrogens is 1. The molecule has 1 aliphatic rings. The second kappa shape index (κ2) is 10.3. The van der Waals surface area contributed by atoms with Crippen molar-refractivity contribution in [1.82, 2.24) is 4.98 Å². The van der Waals surface area contributed by atoms with E-state index in [4.69, 9.17) is 9.82 Å². The zero-order valence-corrected chi connectivity index (χ0v) is 23.6. The van der Waals surface area contributed by atoms with Crippen molar-refractivity contribution in [2.24, 2.45) is 0 Å². The molecule has 0 unspecified atom stereocenters. The van der Waals surface area contributed by atoms with Crippen molar-refractivity contribution in [3.63, 3.8) is 0 Å². The van der Waals surface area contributed by atoms with Crippen molar-refractivity contribution in [3.05, 3.63) is 77.0 Å². The third-order valence-corrected chi connectivity index (χ3v) is 7.90. The SMILES string of the molecule is CO[N+]1(C)CCN(c2cc(-c3ccccc3C)c(N(C)C(=O)C(C)(C)c3cc(C)cc(C)c3)cn2)CC1. The number of pyridine rings is 1. The van der Waals surface area contributed by atoms with Crippen LogP contribution >= 0.6 is 0 Å². The summed E-state index contributed by atoms with van der Waals surface area (Å²) < 4.78 is 0.601. The molecule has 37 heavy (non-hydrogen) atoms. The number of aryl methyl sites for hydroxylation is 3. The number of hydrogen-bond acceptors (Lipinski definition) is 4. The minimum atomic E-state index is -0.692. The van der Waals surface area contributed by atoms with Gasteiger partial charge in [0.25, 0.3) is 0 Å². The van der Waals surface area contributed by atoms with E-state index in [2.05, 4.69) is 75.2 Å². The molecule has 4 rings (SSSR count). The Hall–Kier alpha value is -3.22. The third-order valence-electron chi connectivity index (χ3n) is 7.90. The van der Waals surface area contributed by atoms with Gasteiger partial charge < -0.3 is 9.80 Å². The summed E-state index contributed by atoms with van der Waals surface area (Å²) in [5.41, 5.74) is 6.76. The smallest absolute Gasteiger partial charge is 0.236 e. The molecular weight excluding hydrogens is 460 g/mol. The number of rotatable bonds is 6. The first kappa shape index (κ1) is 26.8. The van der Waals surface area contributed by atoms with E-state index in [9.17, 15) is 4.79 Å². The molecule has 1 amide bonds. The van der Waals surface area contributed by atoms with E-state index in [-0.39, 0.29) is 5.91 Å². The minimum absolute atomic E-state index is 0.0352. The van der Waals surface area contributed by atoms with E-state index < -0.39 is 5.41 Å². The number of amides is 1. The van der Waals surface area contributed by atoms with Gasteiger partial charge in [0, 0.05) is 12.6 Å². The molecule has 0 N–H and O–H groups in total. The Morgan fingerprint density at radius 2 is 1.62 bits per heavy atom. The number of quaternary nitrogens is 1. The third kappa shape index (κ3) is 5.41. The molecule has 1 aromatic heterocycles. The maximum absolute atomic E-state index is 14.0. The first-order valence-corrected chi connectivity index (χ1v) is 13.0. The highest BCUT2D eigenvalue weighted by Gasteiger charge is 2.35. The van der Waals surface area contributed by atoms with Crippen molar-refractivity contribution in [3.8, 4) is 11.1 Å². The molecule has 0 atom stereocenters. The lowest BCUT2D eigenvalue weighted by Gasteiger charge is -2.39. The quantitative estimate of drug-likeness (QED) is 0.422. The molecule has 0 aliphatic carbocycles. The average Bonchev–Trinajstić information content (AvgIpc) is 2.87. The lowest BCUT2D eigenvalue weighted by atomic mass is 9.81. The summed E-state index contributed by atoms with van der Waals surface area (Å²) in [7, 11) is 5.75. The molecule has 6 heteroatoms. The van der Waals surface area contributed by atoms with Crippen molar-refractivity contribution in [2.45, 2.75) is 40.0 Å². The molecule has 0 radical (unpaired) electrons. The Balaban J connectivity index is 1.74. The number of anilines is 2. The first-order chi connectivity index (χ1) is 17.4. The summed E-state index contributed by atoms with van der Waals surface area (Å²) in [6.45, 7) is 13.8. The van der Waals surface area contributed by atoms with Crippen LogP contribution in [0.25, 0.3) is 11.1 Å². The fourth-order valence-electron chi connectivity index (χ4n) is 5.26. The second-order valence-electron chi connectivity index (χ2n) is 11.2. The summed E-state index contributed by atoms with van der Waals surface area (Å²) in [4.78, 5) is 28.7. The van der Waals surface area contributed by atoms with Gasteiger partial charge in [-0.1, -0.05) is 53.6 Å². The highest BCUT2D eigenvalue weighted by Crippen LogP contribution is 2.37. The molecule has 2 aromatic carbocycles. The van der Waals surface area contributed by atoms with Crippen LogP contribution in [0.3, 0.4) is 0 Å². The monoisotopic (exact) mass is 501 g/mol. The van der Waals surface area contributed by atoms with Crippen LogP contribution in [0.2, 0.25) is 0 Å². The van der Waals surface area contributed by atoms with E-state index in [1.54, 1.807) is 12.0 Å². The number of carbonyl (C=O) groups excluding carboxylic acids is 1. The molecule has 0 spiro atoms. The fourth-order valence-corrected chi connectivity index (χ4v) is 5.26. The van der Waals surface area contributed by atoms with Gasteiger partial charge in [-0.2, -0.15) is 4.65 Å². The van der Waals surface area contributed by atoms with Gasteiger partial charge in [0.05, 0.1) is 44.5 Å². The molecule has 6 nitrogen and oxygen atoms in total. The van der Waals surface area contributed by atoms with Crippen LogP contribution in [0.1, 0.15) is 36.1 Å². The molecule has 2 heterocycles. The number of hydroxylamine groups is 3. The molecule has 196 valence electrons. The summed E-state index contributed by atoms with van der Waals surface area (Å²) in [6.07, 6.45) is 1.87. The van der Waals surface area contributed by atoms with E-state index in [1.165, 1.54) is 0 Å². The van der Waals surface area contributed by atoms with Crippen LogP contribution in [-0.2, 0) is 15.0 Å². The molecule has 0 saturated carbocycles. The van der Waals surface area contributed by atoms with E-state index in [1.807, 2.05) is 33.2 Å². The Kier molecular flexibility index (Phi) is 7.45. The average molecular weight is 502 g/mol. The Bertz CT molecular complexity index is 1270. The van der Waals surface area contributed by atoms with Gasteiger partial charge in [-0.15, -0.1) is 0 Å². The summed E-state index contributed by atoms with van der Waals surface area (Å²) in [5.74, 6) is 0.965. The predicted octanol–water partition coefficient (Wildman–Crippen LogP) is 5.44. The van der Waals surface area contributed by atoms with Crippen LogP contribution in [0.5, 0.6) is 0 Å². The van der Waals surface area contributed by atoms with Crippen LogP contribution in [0, 0.1) is 20.8 Å². The fraction of sp³-hybridized carbons (Fsp3) is 0.419. The number of hydrogen-bond donors (Lipinski definition) is 0. The Morgan fingerprint density at radius 1 is 1.00 bits per heavy atom. The molecular formula is C31H41N4O2+. The number of carbonyl (C=O) groups is 1. The zero-order chi connectivity index (χ0) is 27.0. The van der Waals surface area contributed by atoms with Gasteiger partial charge in [0.1, 0.15) is 18.9 Å². The van der Waals surface area contributed by atoms with Crippen molar-refractivity contribution < 1.29 is 14.3 Å². The molecule has 1 fully saturated rings. The molecule has 3 aromatic rings. The van der Waals surface area contributed by atoms with E-state index in [0.717, 1.165) is 71.1 Å². The van der Waals surface area contributed by atoms with Crippen molar-refractivity contribution in [1.29, 1.82) is 0 Å². The van der Waals surface area contributed by atoms with Crippen LogP contribution in [0.15, 0.2) is 54.7 Å². The van der Waals surface area contributed by atoms with Crippen molar-refractivity contribution in [2.75, 3.05) is 57.2 Å². The molecule has 1 aliphatic heterocycles. The highest BCUT2D eigenvalue weighted by atomic mass is 16.7. The predicted molar refractivity (Wildman–Crippen MR) is 152 cm³/mol. The number of nitrogens with zero attached hydrogens (tertiary/aromatic N) is 4. The largest absolute Gasteiger partial charge is 0.345 e. The maximum atomic E-state index is 14.0. The van der Waals surface area contributed by atoms with Crippen LogP contribution in [0.4, 0.5) is 11.5 Å². The lowest BCUT2D eigenvalue weighted by Crippen LogP contribution is -2.56. The summed E-state index contributed by atoms with van der Waals surface area (Å²) >= 11 is 0. The standard InChI is InChI=1S/C31H41N4O2/c1-22-17-23(2)19-25(18-22)31(4,5)30(36)33(6)28-21-32-29(34-13-15-35(7,37-8)16-14-34)20-27(28)26-12-10-9-11-24(26)3/h9-12,17-21H,13-16H2,1-8H3/q+1. The number of likely N-dealkylation sites (N-methyl/N-ethyl adjacent to an activating group) is 2. The normalized spacial score (nSPS) is 15.5. The highest BCUT2D eigenvalue weighted by molar-refractivity contribution is 6.03. The summed E-state index contributed by atoms with van der Waals surface area (Å²) in [6, 6.07) is 16.9. The van der Waals surface area contributed by atoms with Gasteiger partial charge in [-0.25, -0.2) is 9.82 Å². The van der Waals surface area contributed by atoms with Crippen LogP contribution < -0.4 is 9.80 Å². The van der Waals surface area contributed by atoms with Crippen LogP contribution in [-0.4, -0.2) is 62.9 Å². The summed E-state index contributed by atoms with van der Waals surface area (Å²) in [5, 5.41) is 0. The van der Waals surface area contributed by atoms with Gasteiger partial charge in [-0.05, 0) is 57.4 Å². The van der Waals surface area contributed by atoms with Gasteiger partial charge >= 0.3 is 0 Å². The Labute approximate surface area is 222 Å². The number of benzene rings is 2. The minimum Gasteiger partial charge on any atom is -0.345 e. The lowest BCUT2D eigenvalue weighted by molar-refractivity contribution is -1.09. The van der Waals surface area contributed by atoms with Crippen molar-refractivity contribution >= 4 is 17.4 Å². The topological polar surface area (TPSA) is 45.7 Å². The Morgan fingerprint density at radius 3 is 2.22 bits per heavy atom. The zero-order valence-electron chi connectivity index (χ0n) is 23.6. The van der Waals surface area contributed by atoms with Gasteiger partial charge in [0.2, 0.25) is 5.91 Å². The second-order valence-corrected chi connectivity index (χ2v) is 11.2. The first-order valence-electron chi connectivity index (χ1n) is 13.0. The van der Waals surface area contributed by atoms with E-state index >= 15 is 0 Å². The van der Waals surface area contributed by atoms with Gasteiger partial charge in [-0.3, -0.25) is 4.79 Å².